The Bertz CT molecular complexity index is 1380. The Morgan fingerprint density at radius 2 is 1.84 bits per heavy atom. The monoisotopic (exact) mass is 474 g/mol. The van der Waals surface area contributed by atoms with E-state index >= 15 is 0 Å². The fourth-order valence-electron chi connectivity index (χ4n) is 3.51. The molecule has 0 saturated carbocycles. The first-order valence-electron chi connectivity index (χ1n) is 9.53. The maximum atomic E-state index is 12.8. The molecule has 2 heterocycles. The van der Waals surface area contributed by atoms with Crippen molar-refractivity contribution in [3.05, 3.63) is 99.4 Å². The van der Waals surface area contributed by atoms with E-state index in [2.05, 4.69) is 15.9 Å². The van der Waals surface area contributed by atoms with Gasteiger partial charge in [-0.2, -0.15) is 0 Å². The second-order valence-corrected chi connectivity index (χ2v) is 8.06. The number of ketones is 1. The Hall–Kier alpha value is -3.64. The molecule has 1 aliphatic rings. The highest BCUT2D eigenvalue weighted by molar-refractivity contribution is 9.10. The number of ether oxygens (including phenoxy) is 2. The highest BCUT2D eigenvalue weighted by atomic mass is 79.9. The Balaban J connectivity index is 1.42. The molecule has 0 saturated heterocycles. The summed E-state index contributed by atoms with van der Waals surface area (Å²) in [6.07, 6.45) is 1.69. The molecule has 0 unspecified atom stereocenters. The van der Waals surface area contributed by atoms with E-state index in [-0.39, 0.29) is 23.1 Å². The molecule has 0 spiro atoms. The summed E-state index contributed by atoms with van der Waals surface area (Å²) in [7, 11) is 0. The Labute approximate surface area is 186 Å². The molecule has 3 aromatic carbocycles. The van der Waals surface area contributed by atoms with Crippen LogP contribution in [0.3, 0.4) is 0 Å². The third-order valence-corrected chi connectivity index (χ3v) is 5.42. The normalized spacial score (nSPS) is 14.0. The van der Waals surface area contributed by atoms with Gasteiger partial charge in [0.2, 0.25) is 11.5 Å². The molecule has 0 N–H and O–H groups in total. The lowest BCUT2D eigenvalue weighted by Gasteiger charge is -2.06. The number of rotatable bonds is 3. The SMILES string of the molecule is Cc1cc(OC(=O)c2cc3cc(Br)ccc3o2)cc2c1C(=O)/C(=C/c1ccccc1)O2. The van der Waals surface area contributed by atoms with Crippen molar-refractivity contribution in [3.8, 4) is 11.5 Å². The average molecular weight is 475 g/mol. The molecule has 0 bridgehead atoms. The highest BCUT2D eigenvalue weighted by Gasteiger charge is 2.30. The van der Waals surface area contributed by atoms with E-state index in [1.165, 1.54) is 0 Å². The van der Waals surface area contributed by atoms with Gasteiger partial charge in [-0.25, -0.2) is 4.79 Å². The van der Waals surface area contributed by atoms with Crippen LogP contribution in [0, 0.1) is 6.92 Å². The zero-order valence-corrected chi connectivity index (χ0v) is 17.9. The van der Waals surface area contributed by atoms with E-state index in [0.717, 1.165) is 15.4 Å². The fraction of sp³-hybridized carbons (Fsp3) is 0.0400. The minimum absolute atomic E-state index is 0.0907. The van der Waals surface area contributed by atoms with E-state index in [1.807, 2.05) is 42.5 Å². The van der Waals surface area contributed by atoms with Crippen LogP contribution in [0.15, 0.2) is 81.4 Å². The number of halogens is 1. The predicted octanol–water partition coefficient (Wildman–Crippen LogP) is 6.34. The number of benzene rings is 3. The number of esters is 1. The van der Waals surface area contributed by atoms with Gasteiger partial charge in [0.1, 0.15) is 17.1 Å². The molecule has 0 atom stereocenters. The van der Waals surface area contributed by atoms with Crippen molar-refractivity contribution < 1.29 is 23.5 Å². The number of hydrogen-bond acceptors (Lipinski definition) is 5. The topological polar surface area (TPSA) is 65.7 Å². The summed E-state index contributed by atoms with van der Waals surface area (Å²) < 4.78 is 17.8. The van der Waals surface area contributed by atoms with E-state index in [1.54, 1.807) is 37.3 Å². The van der Waals surface area contributed by atoms with Crippen LogP contribution < -0.4 is 9.47 Å². The first-order valence-corrected chi connectivity index (χ1v) is 10.3. The van der Waals surface area contributed by atoms with Crippen LogP contribution in [0.2, 0.25) is 0 Å². The van der Waals surface area contributed by atoms with Gasteiger partial charge in [-0.3, -0.25) is 4.79 Å². The number of aryl methyl sites for hydroxylation is 1. The Kier molecular flexibility index (Phi) is 4.71. The molecule has 1 aromatic heterocycles. The molecule has 6 heteroatoms. The number of carbonyl (C=O) groups is 2. The lowest BCUT2D eigenvalue weighted by molar-refractivity contribution is 0.0703. The highest BCUT2D eigenvalue weighted by Crippen LogP contribution is 2.38. The van der Waals surface area contributed by atoms with Gasteiger partial charge < -0.3 is 13.9 Å². The van der Waals surface area contributed by atoms with Crippen molar-refractivity contribution in [2.24, 2.45) is 0 Å². The Morgan fingerprint density at radius 1 is 1.03 bits per heavy atom. The molecule has 152 valence electrons. The van der Waals surface area contributed by atoms with E-state index in [9.17, 15) is 9.59 Å². The lowest BCUT2D eigenvalue weighted by atomic mass is 10.0. The predicted molar refractivity (Wildman–Crippen MR) is 119 cm³/mol. The molecule has 1 aliphatic heterocycles. The van der Waals surface area contributed by atoms with Gasteiger partial charge in [-0.15, -0.1) is 0 Å². The number of carbonyl (C=O) groups excluding carboxylic acids is 2. The van der Waals surface area contributed by atoms with Crippen LogP contribution in [0.4, 0.5) is 0 Å². The summed E-state index contributed by atoms with van der Waals surface area (Å²) >= 11 is 3.40. The first-order chi connectivity index (χ1) is 15.0. The maximum absolute atomic E-state index is 12.8. The van der Waals surface area contributed by atoms with Crippen LogP contribution in [-0.2, 0) is 0 Å². The third kappa shape index (κ3) is 3.66. The smallest absolute Gasteiger partial charge is 0.379 e. The quantitative estimate of drug-likeness (QED) is 0.197. The molecule has 0 fully saturated rings. The van der Waals surface area contributed by atoms with Crippen molar-refractivity contribution in [3.63, 3.8) is 0 Å². The largest absolute Gasteiger partial charge is 0.452 e. The van der Waals surface area contributed by atoms with Crippen molar-refractivity contribution in [1.29, 1.82) is 0 Å². The standard InChI is InChI=1S/C25H15BrO5/c1-14-9-18(29-25(28)22-12-16-11-17(26)7-8-19(16)30-22)13-20-23(14)24(27)21(31-20)10-15-5-3-2-4-6-15/h2-13H,1H3/b21-10-. The zero-order chi connectivity index (χ0) is 21.5. The molecule has 5 rings (SSSR count). The summed E-state index contributed by atoms with van der Waals surface area (Å²) in [4.78, 5) is 25.4. The van der Waals surface area contributed by atoms with Crippen molar-refractivity contribution in [2.75, 3.05) is 0 Å². The molecule has 5 nitrogen and oxygen atoms in total. The van der Waals surface area contributed by atoms with Gasteiger partial charge in [0.05, 0.1) is 5.56 Å². The van der Waals surface area contributed by atoms with E-state index in [4.69, 9.17) is 13.9 Å². The number of hydrogen-bond donors (Lipinski definition) is 0. The van der Waals surface area contributed by atoms with Crippen LogP contribution in [0.1, 0.15) is 32.0 Å². The number of Topliss-reactive ketones (excluding diaryl/α,β-unsaturated/α-hetero) is 1. The molecule has 4 aromatic rings. The van der Waals surface area contributed by atoms with Crippen molar-refractivity contribution >= 4 is 44.7 Å². The van der Waals surface area contributed by atoms with E-state index in [0.29, 0.717) is 22.5 Å². The van der Waals surface area contributed by atoms with Gasteiger partial charge in [-0.05, 0) is 54.5 Å². The van der Waals surface area contributed by atoms with Crippen LogP contribution in [0.5, 0.6) is 11.5 Å². The summed E-state index contributed by atoms with van der Waals surface area (Å²) in [5.41, 5.74) is 2.58. The lowest BCUT2D eigenvalue weighted by Crippen LogP contribution is -2.07. The van der Waals surface area contributed by atoms with Gasteiger partial charge in [-0.1, -0.05) is 46.3 Å². The Morgan fingerprint density at radius 3 is 2.65 bits per heavy atom. The van der Waals surface area contributed by atoms with Gasteiger partial charge in [0.15, 0.2) is 5.76 Å². The second-order valence-electron chi connectivity index (χ2n) is 7.15. The van der Waals surface area contributed by atoms with Crippen LogP contribution in [-0.4, -0.2) is 11.8 Å². The summed E-state index contributed by atoms with van der Waals surface area (Å²) in [5, 5.41) is 0.788. The number of furan rings is 1. The zero-order valence-electron chi connectivity index (χ0n) is 16.3. The molecule has 0 amide bonds. The van der Waals surface area contributed by atoms with Gasteiger partial charge in [0.25, 0.3) is 0 Å². The van der Waals surface area contributed by atoms with E-state index < -0.39 is 5.97 Å². The maximum Gasteiger partial charge on any atom is 0.379 e. The molecule has 31 heavy (non-hydrogen) atoms. The number of fused-ring (bicyclic) bond motifs is 2. The molecule has 0 radical (unpaired) electrons. The summed E-state index contributed by atoms with van der Waals surface area (Å²) in [6, 6.07) is 19.7. The molecular weight excluding hydrogens is 460 g/mol. The first kappa shape index (κ1) is 19.3. The van der Waals surface area contributed by atoms with Crippen LogP contribution >= 0.6 is 15.9 Å². The third-order valence-electron chi connectivity index (χ3n) is 4.93. The van der Waals surface area contributed by atoms with Gasteiger partial charge >= 0.3 is 5.97 Å². The minimum Gasteiger partial charge on any atom is -0.452 e. The number of allylic oxidation sites excluding steroid dienone is 1. The second kappa shape index (κ2) is 7.56. The van der Waals surface area contributed by atoms with Gasteiger partial charge in [0, 0.05) is 15.9 Å². The summed E-state index contributed by atoms with van der Waals surface area (Å²) in [6.45, 7) is 1.78. The van der Waals surface area contributed by atoms with Crippen molar-refractivity contribution in [2.45, 2.75) is 6.92 Å². The molecule has 0 aliphatic carbocycles. The fourth-order valence-corrected chi connectivity index (χ4v) is 3.89. The summed E-state index contributed by atoms with van der Waals surface area (Å²) in [5.74, 6) is 0.136. The minimum atomic E-state index is -0.629. The average Bonchev–Trinajstić information content (AvgIpc) is 3.30. The molecular formula is C25H15BrO5. The van der Waals surface area contributed by atoms with Crippen molar-refractivity contribution in [1.82, 2.24) is 0 Å². The van der Waals surface area contributed by atoms with Crippen LogP contribution in [0.25, 0.3) is 17.0 Å².